The van der Waals surface area contributed by atoms with Crippen LogP contribution in [0.2, 0.25) is 0 Å². The molecule has 1 aromatic carbocycles. The van der Waals surface area contributed by atoms with Crippen LogP contribution in [-0.2, 0) is 16.0 Å². The summed E-state index contributed by atoms with van der Waals surface area (Å²) in [5, 5.41) is 3.08. The number of likely N-dealkylation sites (tertiary alicyclic amines) is 1. The molecule has 0 aromatic heterocycles. The molecule has 2 rings (SSSR count). The predicted octanol–water partition coefficient (Wildman–Crippen LogP) is 2.78. The summed E-state index contributed by atoms with van der Waals surface area (Å²) in [6, 6.07) is 7.77. The molecular formula is C20H30N2O3. The minimum atomic E-state index is -0.307. The minimum Gasteiger partial charge on any atom is -0.497 e. The fourth-order valence-electron chi connectivity index (χ4n) is 3.22. The Balaban J connectivity index is 1.83. The van der Waals surface area contributed by atoms with E-state index in [4.69, 9.17) is 4.74 Å². The lowest BCUT2D eigenvalue weighted by Crippen LogP contribution is -2.49. The third-order valence-corrected chi connectivity index (χ3v) is 4.75. The van der Waals surface area contributed by atoms with Crippen LogP contribution in [0.3, 0.4) is 0 Å². The van der Waals surface area contributed by atoms with E-state index in [2.05, 4.69) is 5.32 Å². The van der Waals surface area contributed by atoms with Gasteiger partial charge < -0.3 is 15.0 Å². The second-order valence-electron chi connectivity index (χ2n) is 7.14. The van der Waals surface area contributed by atoms with E-state index >= 15 is 0 Å². The number of hydrogen-bond donors (Lipinski definition) is 1. The van der Waals surface area contributed by atoms with E-state index in [0.29, 0.717) is 6.54 Å². The van der Waals surface area contributed by atoms with E-state index in [-0.39, 0.29) is 29.8 Å². The molecular weight excluding hydrogens is 316 g/mol. The SMILES string of the molecule is COc1ccc(CC[C@@H](C)NC(=O)[C@H]2CCCN2C(=O)C(C)C)cc1. The van der Waals surface area contributed by atoms with Crippen LogP contribution in [0.15, 0.2) is 24.3 Å². The van der Waals surface area contributed by atoms with Gasteiger partial charge in [-0.3, -0.25) is 9.59 Å². The summed E-state index contributed by atoms with van der Waals surface area (Å²) >= 11 is 0. The van der Waals surface area contributed by atoms with Gasteiger partial charge in [-0.1, -0.05) is 26.0 Å². The number of aryl methyl sites for hydroxylation is 1. The summed E-state index contributed by atoms with van der Waals surface area (Å²) < 4.78 is 5.16. The highest BCUT2D eigenvalue weighted by molar-refractivity contribution is 5.89. The highest BCUT2D eigenvalue weighted by atomic mass is 16.5. The van der Waals surface area contributed by atoms with Gasteiger partial charge in [0.2, 0.25) is 11.8 Å². The van der Waals surface area contributed by atoms with Crippen molar-refractivity contribution in [1.29, 1.82) is 0 Å². The Bertz CT molecular complexity index is 583. The van der Waals surface area contributed by atoms with Crippen molar-refractivity contribution in [3.05, 3.63) is 29.8 Å². The van der Waals surface area contributed by atoms with Crippen molar-refractivity contribution in [2.75, 3.05) is 13.7 Å². The standard InChI is InChI=1S/C20H30N2O3/c1-14(2)20(24)22-13-5-6-18(22)19(23)21-15(3)7-8-16-9-11-17(25-4)12-10-16/h9-12,14-15,18H,5-8,13H2,1-4H3,(H,21,23)/t15-,18-/m1/s1. The van der Waals surface area contributed by atoms with Gasteiger partial charge in [0.05, 0.1) is 7.11 Å². The Morgan fingerprint density at radius 1 is 1.24 bits per heavy atom. The lowest BCUT2D eigenvalue weighted by Gasteiger charge is -2.27. The average molecular weight is 346 g/mol. The number of amides is 2. The molecule has 25 heavy (non-hydrogen) atoms. The second kappa shape index (κ2) is 8.88. The molecule has 1 heterocycles. The van der Waals surface area contributed by atoms with Crippen molar-refractivity contribution < 1.29 is 14.3 Å². The first-order valence-corrected chi connectivity index (χ1v) is 9.16. The van der Waals surface area contributed by atoms with Crippen LogP contribution in [0.4, 0.5) is 0 Å². The zero-order valence-electron chi connectivity index (χ0n) is 15.7. The smallest absolute Gasteiger partial charge is 0.243 e. The fourth-order valence-corrected chi connectivity index (χ4v) is 3.22. The minimum absolute atomic E-state index is 0.0197. The summed E-state index contributed by atoms with van der Waals surface area (Å²) in [6.45, 7) is 6.47. The highest BCUT2D eigenvalue weighted by Gasteiger charge is 2.35. The Morgan fingerprint density at radius 3 is 2.52 bits per heavy atom. The fraction of sp³-hybridized carbons (Fsp3) is 0.600. The molecule has 1 aromatic rings. The van der Waals surface area contributed by atoms with Gasteiger partial charge in [0.15, 0.2) is 0 Å². The lowest BCUT2D eigenvalue weighted by atomic mass is 10.1. The number of benzene rings is 1. The third-order valence-electron chi connectivity index (χ3n) is 4.75. The molecule has 1 saturated heterocycles. The van der Waals surface area contributed by atoms with Gasteiger partial charge in [0, 0.05) is 18.5 Å². The third kappa shape index (κ3) is 5.21. The number of ether oxygens (including phenoxy) is 1. The van der Waals surface area contributed by atoms with Crippen molar-refractivity contribution in [2.24, 2.45) is 5.92 Å². The quantitative estimate of drug-likeness (QED) is 0.826. The van der Waals surface area contributed by atoms with E-state index in [1.807, 2.05) is 45.0 Å². The van der Waals surface area contributed by atoms with Gasteiger partial charge in [-0.2, -0.15) is 0 Å². The topological polar surface area (TPSA) is 58.6 Å². The molecule has 0 spiro atoms. The number of hydrogen-bond acceptors (Lipinski definition) is 3. The molecule has 0 aliphatic carbocycles. The molecule has 1 aliphatic heterocycles. The highest BCUT2D eigenvalue weighted by Crippen LogP contribution is 2.20. The second-order valence-corrected chi connectivity index (χ2v) is 7.14. The van der Waals surface area contributed by atoms with Gasteiger partial charge in [-0.25, -0.2) is 0 Å². The molecule has 5 nitrogen and oxygen atoms in total. The molecule has 5 heteroatoms. The van der Waals surface area contributed by atoms with Crippen molar-refractivity contribution in [3.63, 3.8) is 0 Å². The van der Waals surface area contributed by atoms with Gasteiger partial charge >= 0.3 is 0 Å². The maximum atomic E-state index is 12.6. The summed E-state index contributed by atoms with van der Waals surface area (Å²) in [6.07, 6.45) is 3.42. The van der Waals surface area contributed by atoms with Crippen LogP contribution in [0.1, 0.15) is 45.6 Å². The monoisotopic (exact) mass is 346 g/mol. The molecule has 0 saturated carbocycles. The van der Waals surface area contributed by atoms with Crippen molar-refractivity contribution in [2.45, 2.75) is 58.5 Å². The Morgan fingerprint density at radius 2 is 1.92 bits per heavy atom. The predicted molar refractivity (Wildman–Crippen MR) is 98.5 cm³/mol. The van der Waals surface area contributed by atoms with E-state index in [9.17, 15) is 9.59 Å². The zero-order chi connectivity index (χ0) is 18.4. The molecule has 0 radical (unpaired) electrons. The van der Waals surface area contributed by atoms with Crippen molar-refractivity contribution >= 4 is 11.8 Å². The van der Waals surface area contributed by atoms with Gasteiger partial charge in [-0.05, 0) is 50.3 Å². The molecule has 2 atom stereocenters. The molecule has 1 aliphatic rings. The Labute approximate surface area is 150 Å². The molecule has 0 unspecified atom stereocenters. The number of carbonyl (C=O) groups excluding carboxylic acids is 2. The zero-order valence-corrected chi connectivity index (χ0v) is 15.7. The van der Waals surface area contributed by atoms with Crippen molar-refractivity contribution in [3.8, 4) is 5.75 Å². The first-order chi connectivity index (χ1) is 11.9. The number of rotatable bonds is 7. The van der Waals surface area contributed by atoms with E-state index < -0.39 is 0 Å². The van der Waals surface area contributed by atoms with Crippen LogP contribution in [0.25, 0.3) is 0 Å². The van der Waals surface area contributed by atoms with Crippen LogP contribution >= 0.6 is 0 Å². The first-order valence-electron chi connectivity index (χ1n) is 9.16. The number of carbonyl (C=O) groups is 2. The molecule has 0 bridgehead atoms. The van der Waals surface area contributed by atoms with E-state index in [1.165, 1.54) is 5.56 Å². The van der Waals surface area contributed by atoms with Crippen molar-refractivity contribution in [1.82, 2.24) is 10.2 Å². The Hall–Kier alpha value is -2.04. The lowest BCUT2D eigenvalue weighted by molar-refractivity contribution is -0.141. The van der Waals surface area contributed by atoms with Gasteiger partial charge in [0.1, 0.15) is 11.8 Å². The maximum absolute atomic E-state index is 12.6. The van der Waals surface area contributed by atoms with Crippen LogP contribution in [0.5, 0.6) is 5.75 Å². The molecule has 1 fully saturated rings. The summed E-state index contributed by atoms with van der Waals surface area (Å²) in [5.41, 5.74) is 1.22. The Kier molecular flexibility index (Phi) is 6.85. The van der Waals surface area contributed by atoms with Gasteiger partial charge in [0.25, 0.3) is 0 Å². The first kappa shape index (κ1) is 19.3. The largest absolute Gasteiger partial charge is 0.497 e. The van der Waals surface area contributed by atoms with Crippen LogP contribution in [-0.4, -0.2) is 42.5 Å². The van der Waals surface area contributed by atoms with Crippen LogP contribution < -0.4 is 10.1 Å². The van der Waals surface area contributed by atoms with E-state index in [0.717, 1.165) is 31.4 Å². The molecule has 138 valence electrons. The molecule has 2 amide bonds. The van der Waals surface area contributed by atoms with Gasteiger partial charge in [-0.15, -0.1) is 0 Å². The summed E-state index contributed by atoms with van der Waals surface area (Å²) in [7, 11) is 1.66. The van der Waals surface area contributed by atoms with Crippen LogP contribution in [0, 0.1) is 5.92 Å². The number of methoxy groups -OCH3 is 1. The summed E-state index contributed by atoms with van der Waals surface area (Å²) in [4.78, 5) is 26.6. The number of nitrogens with one attached hydrogen (secondary N) is 1. The summed E-state index contributed by atoms with van der Waals surface area (Å²) in [5.74, 6) is 0.833. The number of nitrogens with zero attached hydrogens (tertiary/aromatic N) is 1. The van der Waals surface area contributed by atoms with E-state index in [1.54, 1.807) is 12.0 Å². The average Bonchev–Trinajstić information content (AvgIpc) is 3.09. The molecule has 1 N–H and O–H groups in total. The maximum Gasteiger partial charge on any atom is 0.243 e. The normalized spacial score (nSPS) is 18.3.